The molecule has 1 aliphatic rings. The minimum absolute atomic E-state index is 0.0826. The van der Waals surface area contributed by atoms with Crippen LogP contribution in [0.1, 0.15) is 24.1 Å². The van der Waals surface area contributed by atoms with Crippen molar-refractivity contribution in [2.24, 2.45) is 5.73 Å². The molecule has 1 fully saturated rings. The number of benzene rings is 1. The highest BCUT2D eigenvalue weighted by molar-refractivity contribution is 5.78. The Morgan fingerprint density at radius 1 is 1.20 bits per heavy atom. The van der Waals surface area contributed by atoms with Gasteiger partial charge in [0.15, 0.2) is 0 Å². The van der Waals surface area contributed by atoms with Crippen molar-refractivity contribution in [1.29, 1.82) is 0 Å². The third-order valence-electron chi connectivity index (χ3n) is 4.77. The Kier molecular flexibility index (Phi) is 4.33. The van der Waals surface area contributed by atoms with Gasteiger partial charge in [0.1, 0.15) is 0 Å². The van der Waals surface area contributed by atoms with Gasteiger partial charge in [-0.25, -0.2) is 4.68 Å². The SMILES string of the molecule is NC1CCN(Cc2cn(Cc3cc4ccccc4[nH]c3=O)nn2)CC1. The molecule has 3 aromatic rings. The number of piperidine rings is 1. The van der Waals surface area contributed by atoms with Gasteiger partial charge in [-0.05, 0) is 30.4 Å². The molecule has 3 heterocycles. The largest absolute Gasteiger partial charge is 0.328 e. The van der Waals surface area contributed by atoms with Crippen molar-refractivity contribution in [3.05, 3.63) is 58.1 Å². The average Bonchev–Trinajstić information content (AvgIpc) is 3.05. The third kappa shape index (κ3) is 3.62. The number of nitrogens with zero attached hydrogens (tertiary/aromatic N) is 4. The van der Waals surface area contributed by atoms with Crippen LogP contribution in [-0.4, -0.2) is 44.0 Å². The summed E-state index contributed by atoms with van der Waals surface area (Å²) < 4.78 is 1.73. The van der Waals surface area contributed by atoms with Crippen LogP contribution in [0.3, 0.4) is 0 Å². The summed E-state index contributed by atoms with van der Waals surface area (Å²) in [5.74, 6) is 0. The first kappa shape index (κ1) is 16.0. The maximum absolute atomic E-state index is 12.3. The first-order chi connectivity index (χ1) is 12.2. The van der Waals surface area contributed by atoms with Gasteiger partial charge in [-0.3, -0.25) is 9.69 Å². The summed E-state index contributed by atoms with van der Waals surface area (Å²) in [7, 11) is 0. The van der Waals surface area contributed by atoms with E-state index < -0.39 is 0 Å². The number of rotatable bonds is 4. The van der Waals surface area contributed by atoms with E-state index in [0.29, 0.717) is 18.2 Å². The molecule has 25 heavy (non-hydrogen) atoms. The Bertz CT molecular complexity index is 922. The zero-order valence-corrected chi connectivity index (χ0v) is 14.1. The van der Waals surface area contributed by atoms with Gasteiger partial charge in [0.25, 0.3) is 5.56 Å². The van der Waals surface area contributed by atoms with Gasteiger partial charge in [-0.1, -0.05) is 23.4 Å². The lowest BCUT2D eigenvalue weighted by Gasteiger charge is -2.29. The second-order valence-electron chi connectivity index (χ2n) is 6.73. The van der Waals surface area contributed by atoms with Crippen molar-refractivity contribution in [1.82, 2.24) is 24.9 Å². The fourth-order valence-electron chi connectivity index (χ4n) is 3.31. The molecule has 2 aromatic heterocycles. The van der Waals surface area contributed by atoms with Crippen LogP contribution in [0.4, 0.5) is 0 Å². The topological polar surface area (TPSA) is 92.8 Å². The van der Waals surface area contributed by atoms with Gasteiger partial charge in [0, 0.05) is 36.8 Å². The number of pyridine rings is 1. The maximum Gasteiger partial charge on any atom is 0.253 e. The molecule has 1 saturated heterocycles. The lowest BCUT2D eigenvalue weighted by atomic mass is 10.1. The monoisotopic (exact) mass is 338 g/mol. The van der Waals surface area contributed by atoms with Gasteiger partial charge in [0.05, 0.1) is 18.4 Å². The highest BCUT2D eigenvalue weighted by Gasteiger charge is 2.17. The Labute approximate surface area is 145 Å². The molecular weight excluding hydrogens is 316 g/mol. The molecule has 0 unspecified atom stereocenters. The Morgan fingerprint density at radius 2 is 2.00 bits per heavy atom. The van der Waals surface area contributed by atoms with Crippen LogP contribution < -0.4 is 11.3 Å². The summed E-state index contributed by atoms with van der Waals surface area (Å²) in [5.41, 5.74) is 8.31. The molecule has 0 bridgehead atoms. The van der Waals surface area contributed by atoms with Crippen LogP contribution in [0.5, 0.6) is 0 Å². The quantitative estimate of drug-likeness (QED) is 0.743. The molecule has 1 aliphatic heterocycles. The Balaban J connectivity index is 1.47. The van der Waals surface area contributed by atoms with Crippen LogP contribution in [0.25, 0.3) is 10.9 Å². The zero-order chi connectivity index (χ0) is 17.2. The van der Waals surface area contributed by atoms with E-state index in [1.54, 1.807) is 4.68 Å². The highest BCUT2D eigenvalue weighted by atomic mass is 16.1. The van der Waals surface area contributed by atoms with Crippen molar-refractivity contribution >= 4 is 10.9 Å². The molecule has 0 aliphatic carbocycles. The molecule has 0 amide bonds. The number of H-pyrrole nitrogens is 1. The summed E-state index contributed by atoms with van der Waals surface area (Å²) in [4.78, 5) is 17.5. The average molecular weight is 338 g/mol. The molecule has 0 radical (unpaired) electrons. The maximum atomic E-state index is 12.3. The van der Waals surface area contributed by atoms with Crippen LogP contribution in [0.2, 0.25) is 0 Å². The zero-order valence-electron chi connectivity index (χ0n) is 14.1. The summed E-state index contributed by atoms with van der Waals surface area (Å²) >= 11 is 0. The summed E-state index contributed by atoms with van der Waals surface area (Å²) in [6.45, 7) is 3.19. The number of hydrogen-bond donors (Lipinski definition) is 2. The normalized spacial score (nSPS) is 16.5. The van der Waals surface area contributed by atoms with Gasteiger partial charge in [0.2, 0.25) is 0 Å². The van der Waals surface area contributed by atoms with E-state index in [1.165, 1.54) is 0 Å². The predicted molar refractivity (Wildman–Crippen MR) is 96.2 cm³/mol. The van der Waals surface area contributed by atoms with Crippen molar-refractivity contribution in [2.45, 2.75) is 32.0 Å². The fourth-order valence-corrected chi connectivity index (χ4v) is 3.31. The Morgan fingerprint density at radius 3 is 2.84 bits per heavy atom. The summed E-state index contributed by atoms with van der Waals surface area (Å²) in [6.07, 6.45) is 3.98. The molecule has 0 spiro atoms. The summed E-state index contributed by atoms with van der Waals surface area (Å²) in [5, 5.41) is 9.44. The van der Waals surface area contributed by atoms with E-state index in [1.807, 2.05) is 36.5 Å². The molecule has 3 N–H and O–H groups in total. The molecular formula is C18H22N6O. The van der Waals surface area contributed by atoms with Crippen molar-refractivity contribution in [2.75, 3.05) is 13.1 Å². The van der Waals surface area contributed by atoms with Crippen LogP contribution in [0, 0.1) is 0 Å². The van der Waals surface area contributed by atoms with Gasteiger partial charge in [-0.2, -0.15) is 0 Å². The number of fused-ring (bicyclic) bond motifs is 1. The van der Waals surface area contributed by atoms with Crippen molar-refractivity contribution in [3.63, 3.8) is 0 Å². The van der Waals surface area contributed by atoms with E-state index in [4.69, 9.17) is 5.73 Å². The molecule has 7 nitrogen and oxygen atoms in total. The molecule has 7 heteroatoms. The van der Waals surface area contributed by atoms with Crippen molar-refractivity contribution < 1.29 is 0 Å². The number of nitrogens with one attached hydrogen (secondary N) is 1. The van der Waals surface area contributed by atoms with Crippen LogP contribution in [-0.2, 0) is 13.1 Å². The third-order valence-corrected chi connectivity index (χ3v) is 4.77. The number of nitrogens with two attached hydrogens (primary N) is 1. The van der Waals surface area contributed by atoms with Gasteiger partial charge in [-0.15, -0.1) is 5.10 Å². The van der Waals surface area contributed by atoms with Crippen molar-refractivity contribution in [3.8, 4) is 0 Å². The van der Waals surface area contributed by atoms with Gasteiger partial charge < -0.3 is 10.7 Å². The molecule has 0 atom stereocenters. The van der Waals surface area contributed by atoms with E-state index in [9.17, 15) is 4.79 Å². The number of likely N-dealkylation sites (tertiary alicyclic amines) is 1. The Hall–Kier alpha value is -2.51. The van der Waals surface area contributed by atoms with Gasteiger partial charge >= 0.3 is 0 Å². The number of aromatic nitrogens is 4. The minimum atomic E-state index is -0.0826. The molecule has 4 rings (SSSR count). The minimum Gasteiger partial charge on any atom is -0.328 e. The highest BCUT2D eigenvalue weighted by Crippen LogP contribution is 2.13. The summed E-state index contributed by atoms with van der Waals surface area (Å²) in [6, 6.07) is 10.0. The molecule has 0 saturated carbocycles. The standard InChI is InChI=1S/C18H22N6O/c19-15-5-7-23(8-6-15)11-16-12-24(22-21-16)10-14-9-13-3-1-2-4-17(13)20-18(14)25/h1-4,9,12,15H,5-8,10-11,19H2,(H,20,25). The first-order valence-electron chi connectivity index (χ1n) is 8.65. The fraction of sp³-hybridized carbons (Fsp3) is 0.389. The molecule has 1 aromatic carbocycles. The second kappa shape index (κ2) is 6.78. The molecule has 130 valence electrons. The lowest BCUT2D eigenvalue weighted by Crippen LogP contribution is -2.39. The number of para-hydroxylation sites is 1. The second-order valence-corrected chi connectivity index (χ2v) is 6.73. The predicted octanol–water partition coefficient (Wildman–Crippen LogP) is 1.09. The van der Waals surface area contributed by atoms with E-state index >= 15 is 0 Å². The number of hydrogen-bond acceptors (Lipinski definition) is 5. The van der Waals surface area contributed by atoms with E-state index in [0.717, 1.165) is 49.1 Å². The van der Waals surface area contributed by atoms with Crippen LogP contribution >= 0.6 is 0 Å². The lowest BCUT2D eigenvalue weighted by molar-refractivity contribution is 0.203. The first-order valence-corrected chi connectivity index (χ1v) is 8.65. The van der Waals surface area contributed by atoms with E-state index in [2.05, 4.69) is 20.2 Å². The van der Waals surface area contributed by atoms with E-state index in [-0.39, 0.29) is 5.56 Å². The smallest absolute Gasteiger partial charge is 0.253 e. The number of aromatic amines is 1. The van der Waals surface area contributed by atoms with Crippen LogP contribution in [0.15, 0.2) is 41.3 Å².